The van der Waals surface area contributed by atoms with Crippen molar-refractivity contribution in [1.29, 1.82) is 0 Å². The van der Waals surface area contributed by atoms with Crippen molar-refractivity contribution < 1.29 is 18.0 Å². The minimum atomic E-state index is -4.41. The lowest BCUT2D eigenvalue weighted by atomic mass is 10.2. The Balaban J connectivity index is 1.85. The molecule has 0 bridgehead atoms. The summed E-state index contributed by atoms with van der Waals surface area (Å²) in [5, 5.41) is 10.4. The number of amides is 1. The Bertz CT molecular complexity index is 887. The molecule has 3 aromatic rings. The maximum absolute atomic E-state index is 12.6. The van der Waals surface area contributed by atoms with E-state index in [2.05, 4.69) is 15.6 Å². The van der Waals surface area contributed by atoms with Crippen LogP contribution in [0.1, 0.15) is 21.7 Å². The normalized spacial score (nSPS) is 11.4. The molecule has 0 spiro atoms. The molecule has 0 aliphatic carbocycles. The number of nitrogens with zero attached hydrogens (tertiary/aromatic N) is 3. The van der Waals surface area contributed by atoms with Gasteiger partial charge in [-0.3, -0.25) is 4.79 Å². The molecule has 0 aliphatic rings. The van der Waals surface area contributed by atoms with Crippen molar-refractivity contribution >= 4 is 11.6 Å². The summed E-state index contributed by atoms with van der Waals surface area (Å²) < 4.78 is 39.2. The van der Waals surface area contributed by atoms with E-state index in [1.165, 1.54) is 16.8 Å². The number of hydrogen-bond acceptors (Lipinski definition) is 3. The predicted octanol–water partition coefficient (Wildman–Crippen LogP) is 3.85. The standard InChI is InChI=1S/C17H13F3N4O/c1-11-15(16(25)21-13-5-3-2-4-6-13)22-23-24(11)14-9-7-12(8-10-14)17(18,19)20/h2-10H,1H3,(H,21,25). The third-order valence-corrected chi connectivity index (χ3v) is 3.58. The number of hydrogen-bond donors (Lipinski definition) is 1. The van der Waals surface area contributed by atoms with Crippen molar-refractivity contribution in [2.45, 2.75) is 13.1 Å². The molecule has 5 nitrogen and oxygen atoms in total. The Morgan fingerprint density at radius 1 is 1.04 bits per heavy atom. The quantitative estimate of drug-likeness (QED) is 0.784. The van der Waals surface area contributed by atoms with Crippen LogP contribution in [0.15, 0.2) is 54.6 Å². The van der Waals surface area contributed by atoms with Crippen LogP contribution in [0.25, 0.3) is 5.69 Å². The molecule has 1 aromatic heterocycles. The van der Waals surface area contributed by atoms with Crippen LogP contribution >= 0.6 is 0 Å². The molecule has 128 valence electrons. The number of carbonyl (C=O) groups is 1. The number of nitrogens with one attached hydrogen (secondary N) is 1. The summed E-state index contributed by atoms with van der Waals surface area (Å²) >= 11 is 0. The van der Waals surface area contributed by atoms with E-state index in [9.17, 15) is 18.0 Å². The first-order valence-corrected chi connectivity index (χ1v) is 7.32. The molecule has 0 saturated carbocycles. The van der Waals surface area contributed by atoms with Gasteiger partial charge in [0.05, 0.1) is 16.9 Å². The number of aromatic nitrogens is 3. The Morgan fingerprint density at radius 3 is 2.28 bits per heavy atom. The van der Waals surface area contributed by atoms with Gasteiger partial charge in [0.25, 0.3) is 5.91 Å². The van der Waals surface area contributed by atoms with E-state index in [0.717, 1.165) is 12.1 Å². The van der Waals surface area contributed by atoms with Crippen molar-refractivity contribution in [1.82, 2.24) is 15.0 Å². The zero-order valence-corrected chi connectivity index (χ0v) is 13.1. The second-order valence-electron chi connectivity index (χ2n) is 5.30. The molecule has 1 heterocycles. The first-order chi connectivity index (χ1) is 11.9. The lowest BCUT2D eigenvalue weighted by Crippen LogP contribution is -2.14. The van der Waals surface area contributed by atoms with Gasteiger partial charge in [-0.25, -0.2) is 4.68 Å². The molecular formula is C17H13F3N4O. The van der Waals surface area contributed by atoms with Crippen LogP contribution in [0.2, 0.25) is 0 Å². The molecule has 1 amide bonds. The van der Waals surface area contributed by atoms with Gasteiger partial charge in [0.15, 0.2) is 5.69 Å². The van der Waals surface area contributed by atoms with Crippen LogP contribution < -0.4 is 5.32 Å². The summed E-state index contributed by atoms with van der Waals surface area (Å²) in [4.78, 5) is 12.3. The van der Waals surface area contributed by atoms with Crippen LogP contribution in [-0.4, -0.2) is 20.9 Å². The fourth-order valence-corrected chi connectivity index (χ4v) is 2.29. The van der Waals surface area contributed by atoms with Crippen molar-refractivity contribution in [3.05, 3.63) is 71.5 Å². The van der Waals surface area contributed by atoms with Gasteiger partial charge >= 0.3 is 6.18 Å². The molecule has 25 heavy (non-hydrogen) atoms. The predicted molar refractivity (Wildman–Crippen MR) is 85.5 cm³/mol. The highest BCUT2D eigenvalue weighted by Gasteiger charge is 2.30. The molecule has 3 rings (SSSR count). The highest BCUT2D eigenvalue weighted by molar-refractivity contribution is 6.03. The third-order valence-electron chi connectivity index (χ3n) is 3.58. The zero-order valence-electron chi connectivity index (χ0n) is 13.1. The van der Waals surface area contributed by atoms with Gasteiger partial charge in [0.2, 0.25) is 0 Å². The minimum absolute atomic E-state index is 0.101. The van der Waals surface area contributed by atoms with Gasteiger partial charge in [0.1, 0.15) is 0 Å². The zero-order chi connectivity index (χ0) is 18.0. The van der Waals surface area contributed by atoms with E-state index >= 15 is 0 Å². The van der Waals surface area contributed by atoms with E-state index in [4.69, 9.17) is 0 Å². The fourth-order valence-electron chi connectivity index (χ4n) is 2.29. The maximum Gasteiger partial charge on any atom is 0.416 e. The first kappa shape index (κ1) is 16.7. The molecule has 8 heteroatoms. The third kappa shape index (κ3) is 3.52. The summed E-state index contributed by atoms with van der Waals surface area (Å²) in [6, 6.07) is 13.3. The summed E-state index contributed by atoms with van der Waals surface area (Å²) in [5.41, 5.74) is 0.765. The smallest absolute Gasteiger partial charge is 0.321 e. The number of carbonyl (C=O) groups excluding carboxylic acids is 1. The number of alkyl halides is 3. The Kier molecular flexibility index (Phi) is 4.26. The van der Waals surface area contributed by atoms with Gasteiger partial charge in [-0.2, -0.15) is 13.2 Å². The topological polar surface area (TPSA) is 59.8 Å². The van der Waals surface area contributed by atoms with Gasteiger partial charge in [-0.05, 0) is 43.3 Å². The average Bonchev–Trinajstić information content (AvgIpc) is 2.97. The van der Waals surface area contributed by atoms with Gasteiger partial charge in [0, 0.05) is 5.69 Å². The van der Waals surface area contributed by atoms with E-state index < -0.39 is 17.6 Å². The number of anilines is 1. The molecular weight excluding hydrogens is 333 g/mol. The second-order valence-corrected chi connectivity index (χ2v) is 5.30. The molecule has 0 saturated heterocycles. The first-order valence-electron chi connectivity index (χ1n) is 7.32. The van der Waals surface area contributed by atoms with E-state index in [0.29, 0.717) is 17.1 Å². The van der Waals surface area contributed by atoms with E-state index in [1.54, 1.807) is 31.2 Å². The number of rotatable bonds is 3. The van der Waals surface area contributed by atoms with Crippen LogP contribution in [0.3, 0.4) is 0 Å². The SMILES string of the molecule is Cc1c(C(=O)Nc2ccccc2)nnn1-c1ccc(C(F)(F)F)cc1. The summed E-state index contributed by atoms with van der Waals surface area (Å²) in [6.45, 7) is 1.62. The maximum atomic E-state index is 12.6. The van der Waals surface area contributed by atoms with Crippen LogP contribution in [0.5, 0.6) is 0 Å². The number of halogens is 3. The second kappa shape index (κ2) is 6.39. The van der Waals surface area contributed by atoms with E-state index in [-0.39, 0.29) is 5.69 Å². The van der Waals surface area contributed by atoms with Crippen LogP contribution in [0.4, 0.5) is 18.9 Å². The number of para-hydroxylation sites is 1. The molecule has 0 unspecified atom stereocenters. The highest BCUT2D eigenvalue weighted by Crippen LogP contribution is 2.29. The Morgan fingerprint density at radius 2 is 1.68 bits per heavy atom. The largest absolute Gasteiger partial charge is 0.416 e. The van der Waals surface area contributed by atoms with Crippen molar-refractivity contribution in [3.63, 3.8) is 0 Å². The van der Waals surface area contributed by atoms with Crippen LogP contribution in [0, 0.1) is 6.92 Å². The van der Waals surface area contributed by atoms with Gasteiger partial charge < -0.3 is 5.32 Å². The average molecular weight is 346 g/mol. The monoisotopic (exact) mass is 346 g/mol. The van der Waals surface area contributed by atoms with Gasteiger partial charge in [-0.15, -0.1) is 5.10 Å². The summed E-state index contributed by atoms with van der Waals surface area (Å²) in [5.74, 6) is -0.443. The van der Waals surface area contributed by atoms with Crippen LogP contribution in [-0.2, 0) is 6.18 Å². The Hall–Kier alpha value is -3.16. The lowest BCUT2D eigenvalue weighted by Gasteiger charge is -2.08. The minimum Gasteiger partial charge on any atom is -0.321 e. The van der Waals surface area contributed by atoms with Crippen molar-refractivity contribution in [3.8, 4) is 5.69 Å². The van der Waals surface area contributed by atoms with Gasteiger partial charge in [-0.1, -0.05) is 23.4 Å². The molecule has 0 atom stereocenters. The molecule has 2 aromatic carbocycles. The Labute approximate surface area is 141 Å². The summed E-state index contributed by atoms with van der Waals surface area (Å²) in [7, 11) is 0. The van der Waals surface area contributed by atoms with Crippen molar-refractivity contribution in [2.24, 2.45) is 0 Å². The van der Waals surface area contributed by atoms with E-state index in [1.807, 2.05) is 6.07 Å². The molecule has 0 aliphatic heterocycles. The number of benzene rings is 2. The molecule has 1 N–H and O–H groups in total. The molecule has 0 radical (unpaired) electrons. The lowest BCUT2D eigenvalue weighted by molar-refractivity contribution is -0.137. The summed E-state index contributed by atoms with van der Waals surface area (Å²) in [6.07, 6.45) is -4.41. The fraction of sp³-hybridized carbons (Fsp3) is 0.118. The van der Waals surface area contributed by atoms with Crippen molar-refractivity contribution in [2.75, 3.05) is 5.32 Å². The highest BCUT2D eigenvalue weighted by atomic mass is 19.4. The molecule has 0 fully saturated rings.